The van der Waals surface area contributed by atoms with Gasteiger partial charge in [-0.3, -0.25) is 4.79 Å². The van der Waals surface area contributed by atoms with Gasteiger partial charge in [0, 0.05) is 0 Å². The number of nitrogens with one attached hydrogen (secondary N) is 1. The van der Waals surface area contributed by atoms with Crippen LogP contribution in [-0.4, -0.2) is 34.4 Å². The molecule has 1 aliphatic rings. The molecule has 150 valence electrons. The largest absolute Gasteiger partial charge is 0.507 e. The number of carbonyl (C=O) groups is 1. The molecule has 3 N–H and O–H groups in total. The number of phenols is 1. The number of benzene rings is 2. The highest BCUT2D eigenvalue weighted by molar-refractivity contribution is 5.97. The quantitative estimate of drug-likeness (QED) is 0.682. The van der Waals surface area contributed by atoms with E-state index in [4.69, 9.17) is 4.74 Å². The summed E-state index contributed by atoms with van der Waals surface area (Å²) in [7, 11) is 0. The van der Waals surface area contributed by atoms with E-state index in [0.29, 0.717) is 12.2 Å². The van der Waals surface area contributed by atoms with Crippen molar-refractivity contribution in [1.29, 1.82) is 0 Å². The molecule has 1 saturated carbocycles. The Labute approximate surface area is 166 Å². The van der Waals surface area contributed by atoms with Gasteiger partial charge in [-0.05, 0) is 55.0 Å². The van der Waals surface area contributed by atoms with Crippen LogP contribution < -0.4 is 10.1 Å². The minimum absolute atomic E-state index is 0.0536. The first-order valence-electron chi connectivity index (χ1n) is 9.99. The molecule has 1 amide bonds. The van der Waals surface area contributed by atoms with Gasteiger partial charge in [0.1, 0.15) is 23.7 Å². The highest BCUT2D eigenvalue weighted by Crippen LogP contribution is 2.26. The van der Waals surface area contributed by atoms with Crippen molar-refractivity contribution in [3.8, 4) is 11.5 Å². The minimum Gasteiger partial charge on any atom is -0.507 e. The monoisotopic (exact) mass is 383 g/mol. The molecule has 1 fully saturated rings. The van der Waals surface area contributed by atoms with Crippen LogP contribution in [0.4, 0.5) is 0 Å². The lowest BCUT2D eigenvalue weighted by molar-refractivity contribution is 0.0129. The predicted octanol–water partition coefficient (Wildman–Crippen LogP) is 4.00. The third-order valence-corrected chi connectivity index (χ3v) is 5.33. The molecular weight excluding hydrogens is 354 g/mol. The summed E-state index contributed by atoms with van der Waals surface area (Å²) in [6, 6.07) is 14.1. The molecule has 1 aliphatic carbocycles. The predicted molar refractivity (Wildman–Crippen MR) is 109 cm³/mol. The second-order valence-corrected chi connectivity index (χ2v) is 7.76. The van der Waals surface area contributed by atoms with Crippen LogP contribution in [0.25, 0.3) is 0 Å². The molecule has 0 unspecified atom stereocenters. The van der Waals surface area contributed by atoms with Crippen molar-refractivity contribution in [3.63, 3.8) is 0 Å². The summed E-state index contributed by atoms with van der Waals surface area (Å²) in [5.41, 5.74) is 1.22. The van der Waals surface area contributed by atoms with Gasteiger partial charge >= 0.3 is 0 Å². The number of amides is 1. The highest BCUT2D eigenvalue weighted by Gasteiger charge is 2.33. The van der Waals surface area contributed by atoms with E-state index in [1.807, 2.05) is 50.2 Å². The first kappa shape index (κ1) is 20.2. The first-order chi connectivity index (χ1) is 13.5. The van der Waals surface area contributed by atoms with Gasteiger partial charge in [0.2, 0.25) is 0 Å². The van der Waals surface area contributed by atoms with Gasteiger partial charge in [0.15, 0.2) is 0 Å². The van der Waals surface area contributed by atoms with Crippen LogP contribution in [0.15, 0.2) is 48.5 Å². The van der Waals surface area contributed by atoms with Crippen molar-refractivity contribution in [2.45, 2.75) is 63.7 Å². The lowest BCUT2D eigenvalue weighted by Gasteiger charge is -2.28. The summed E-state index contributed by atoms with van der Waals surface area (Å²) in [4.78, 5) is 12.8. The van der Waals surface area contributed by atoms with E-state index in [2.05, 4.69) is 5.32 Å². The fourth-order valence-electron chi connectivity index (χ4n) is 3.61. The third kappa shape index (κ3) is 4.84. The molecule has 5 heteroatoms. The molecular formula is C23H29NO4. The van der Waals surface area contributed by atoms with Gasteiger partial charge < -0.3 is 20.3 Å². The molecule has 28 heavy (non-hydrogen) atoms. The smallest absolute Gasteiger partial charge is 0.255 e. The summed E-state index contributed by atoms with van der Waals surface area (Å²) in [5.74, 6) is 0.534. The maximum absolute atomic E-state index is 12.8. The van der Waals surface area contributed by atoms with E-state index in [9.17, 15) is 15.0 Å². The molecule has 0 radical (unpaired) electrons. The zero-order valence-electron chi connectivity index (χ0n) is 16.5. The van der Waals surface area contributed by atoms with Crippen molar-refractivity contribution in [1.82, 2.24) is 5.32 Å². The summed E-state index contributed by atoms with van der Waals surface area (Å²) in [5, 5.41) is 23.9. The molecule has 5 nitrogen and oxygen atoms in total. The van der Waals surface area contributed by atoms with Crippen molar-refractivity contribution in [2.24, 2.45) is 0 Å². The maximum Gasteiger partial charge on any atom is 0.255 e. The SMILES string of the molecule is CC(C)c1ccc(O)c(C(=O)N[C@@H]2CCCC[C@@H](Oc3ccccc3)[C@@H]2O)c1. The highest BCUT2D eigenvalue weighted by atomic mass is 16.5. The lowest BCUT2D eigenvalue weighted by Crippen LogP contribution is -2.49. The summed E-state index contributed by atoms with van der Waals surface area (Å²) >= 11 is 0. The molecule has 2 aromatic rings. The van der Waals surface area contributed by atoms with Crippen LogP contribution in [0.1, 0.15) is 61.4 Å². The number of aliphatic hydroxyl groups excluding tert-OH is 1. The molecule has 3 atom stereocenters. The zero-order chi connectivity index (χ0) is 20.1. The van der Waals surface area contributed by atoms with Gasteiger partial charge in [-0.1, -0.05) is 44.5 Å². The summed E-state index contributed by atoms with van der Waals surface area (Å²) in [6.45, 7) is 4.07. The zero-order valence-corrected chi connectivity index (χ0v) is 16.5. The van der Waals surface area contributed by atoms with E-state index in [1.54, 1.807) is 12.1 Å². The van der Waals surface area contributed by atoms with Crippen molar-refractivity contribution >= 4 is 5.91 Å². The number of hydrogen-bond acceptors (Lipinski definition) is 4. The molecule has 0 aromatic heterocycles. The Morgan fingerprint density at radius 3 is 2.54 bits per heavy atom. The normalized spacial score (nSPS) is 22.5. The Balaban J connectivity index is 1.73. The summed E-state index contributed by atoms with van der Waals surface area (Å²) < 4.78 is 5.99. The van der Waals surface area contributed by atoms with Crippen LogP contribution in [-0.2, 0) is 0 Å². The number of rotatable bonds is 5. The van der Waals surface area contributed by atoms with Crippen LogP contribution in [0.5, 0.6) is 11.5 Å². The topological polar surface area (TPSA) is 78.8 Å². The average molecular weight is 383 g/mol. The fourth-order valence-corrected chi connectivity index (χ4v) is 3.61. The molecule has 0 aliphatic heterocycles. The Morgan fingerprint density at radius 2 is 1.82 bits per heavy atom. The molecule has 2 aromatic carbocycles. The second kappa shape index (κ2) is 9.11. The molecule has 0 spiro atoms. The Bertz CT molecular complexity index is 790. The average Bonchev–Trinajstić information content (AvgIpc) is 2.85. The number of hydrogen-bond donors (Lipinski definition) is 3. The van der Waals surface area contributed by atoms with E-state index in [0.717, 1.165) is 24.8 Å². The first-order valence-corrected chi connectivity index (χ1v) is 9.99. The van der Waals surface area contributed by atoms with E-state index >= 15 is 0 Å². The van der Waals surface area contributed by atoms with Crippen LogP contribution in [0.2, 0.25) is 0 Å². The van der Waals surface area contributed by atoms with Gasteiger partial charge in [-0.15, -0.1) is 0 Å². The number of phenolic OH excluding ortho intramolecular Hbond substituents is 1. The molecule has 0 saturated heterocycles. The van der Waals surface area contributed by atoms with Crippen LogP contribution in [0, 0.1) is 0 Å². The van der Waals surface area contributed by atoms with Gasteiger partial charge in [0.05, 0.1) is 11.6 Å². The minimum atomic E-state index is -0.818. The fraction of sp³-hybridized carbons (Fsp3) is 0.435. The number of aliphatic hydroxyl groups is 1. The van der Waals surface area contributed by atoms with E-state index < -0.39 is 12.1 Å². The van der Waals surface area contributed by atoms with Crippen molar-refractivity contribution in [2.75, 3.05) is 0 Å². The van der Waals surface area contributed by atoms with Gasteiger partial charge in [0.25, 0.3) is 5.91 Å². The number of aromatic hydroxyl groups is 1. The Morgan fingerprint density at radius 1 is 1.11 bits per heavy atom. The van der Waals surface area contributed by atoms with Crippen molar-refractivity contribution in [3.05, 3.63) is 59.7 Å². The second-order valence-electron chi connectivity index (χ2n) is 7.76. The maximum atomic E-state index is 12.8. The number of ether oxygens (including phenoxy) is 1. The lowest BCUT2D eigenvalue weighted by atomic mass is 9.99. The van der Waals surface area contributed by atoms with Gasteiger partial charge in [-0.2, -0.15) is 0 Å². The number of para-hydroxylation sites is 1. The molecule has 0 bridgehead atoms. The van der Waals surface area contributed by atoms with Crippen molar-refractivity contribution < 1.29 is 19.7 Å². The third-order valence-electron chi connectivity index (χ3n) is 5.33. The Hall–Kier alpha value is -2.53. The van der Waals surface area contributed by atoms with E-state index in [-0.39, 0.29) is 29.2 Å². The standard InChI is InChI=1S/C23H29NO4/c1-15(2)16-12-13-20(25)18(14-16)23(27)24-19-10-6-7-11-21(22(19)26)28-17-8-4-3-5-9-17/h3-5,8-9,12-15,19,21-22,25-26H,6-7,10-11H2,1-2H3,(H,24,27)/t19-,21-,22-/m1/s1. The van der Waals surface area contributed by atoms with Crippen LogP contribution in [0.3, 0.4) is 0 Å². The summed E-state index contributed by atoms with van der Waals surface area (Å²) in [6.07, 6.45) is 2.03. The van der Waals surface area contributed by atoms with Gasteiger partial charge in [-0.25, -0.2) is 0 Å². The molecule has 3 rings (SSSR count). The van der Waals surface area contributed by atoms with Crippen LogP contribution >= 0.6 is 0 Å². The van der Waals surface area contributed by atoms with E-state index in [1.165, 1.54) is 0 Å². The number of carbonyl (C=O) groups excluding carboxylic acids is 1. The Kier molecular flexibility index (Phi) is 6.57. The molecule has 0 heterocycles.